The molecule has 2 aromatic rings. The number of anilines is 1. The average Bonchev–Trinajstić information content (AvgIpc) is 2.74. The highest BCUT2D eigenvalue weighted by Gasteiger charge is 2.19. The van der Waals surface area contributed by atoms with Crippen molar-refractivity contribution in [2.45, 2.75) is 32.7 Å². The van der Waals surface area contributed by atoms with Crippen molar-refractivity contribution < 1.29 is 14.3 Å². The van der Waals surface area contributed by atoms with Gasteiger partial charge in [-0.05, 0) is 56.5 Å². The van der Waals surface area contributed by atoms with Gasteiger partial charge in [-0.2, -0.15) is 0 Å². The lowest BCUT2D eigenvalue weighted by atomic mass is 10.1. The molecule has 152 valence electrons. The van der Waals surface area contributed by atoms with E-state index >= 15 is 0 Å². The van der Waals surface area contributed by atoms with Gasteiger partial charge in [-0.15, -0.1) is 11.8 Å². The predicted molar refractivity (Wildman–Crippen MR) is 118 cm³/mol. The van der Waals surface area contributed by atoms with Crippen LogP contribution in [0.15, 0.2) is 65.3 Å². The maximum absolute atomic E-state index is 12.5. The molecular formula is C23H26N2O3S. The van der Waals surface area contributed by atoms with E-state index in [1.54, 1.807) is 31.2 Å². The first-order chi connectivity index (χ1) is 14.0. The lowest BCUT2D eigenvalue weighted by Gasteiger charge is -2.18. The summed E-state index contributed by atoms with van der Waals surface area (Å²) >= 11 is 1.49. The van der Waals surface area contributed by atoms with Gasteiger partial charge >= 0.3 is 0 Å². The largest absolute Gasteiger partial charge is 0.496 e. The van der Waals surface area contributed by atoms with Crippen molar-refractivity contribution in [3.8, 4) is 0 Å². The third-order valence-electron chi connectivity index (χ3n) is 4.67. The molecule has 6 heteroatoms. The Labute approximate surface area is 175 Å². The Morgan fingerprint density at radius 1 is 1.07 bits per heavy atom. The van der Waals surface area contributed by atoms with Crippen molar-refractivity contribution in [3.05, 3.63) is 76.4 Å². The number of carbonyl (C=O) groups is 2. The van der Waals surface area contributed by atoms with E-state index in [-0.39, 0.29) is 17.9 Å². The summed E-state index contributed by atoms with van der Waals surface area (Å²) in [5.41, 5.74) is 2.48. The molecule has 2 amide bonds. The standard InChI is InChI=1S/C23H26N2O3S/c1-16(8-9-18-6-4-3-5-7-18)24-22(26)19-10-12-20(13-11-19)25-23(27)21-17(2)28-14-15-29-21/h3-7,10-13,16H,8-9,14-15H2,1-2H3,(H,24,26)(H,25,27). The quantitative estimate of drug-likeness (QED) is 0.711. The van der Waals surface area contributed by atoms with E-state index in [0.717, 1.165) is 18.6 Å². The Hall–Kier alpha value is -2.73. The molecule has 0 saturated carbocycles. The SMILES string of the molecule is CC1=C(C(=O)Nc2ccc(C(=O)NC(C)CCc3ccccc3)cc2)SCCO1. The fraction of sp³-hybridized carbons (Fsp3) is 0.304. The first kappa shape index (κ1) is 21.0. The number of hydrogen-bond acceptors (Lipinski definition) is 4. The topological polar surface area (TPSA) is 67.4 Å². The van der Waals surface area contributed by atoms with Gasteiger partial charge < -0.3 is 15.4 Å². The predicted octanol–water partition coefficient (Wildman–Crippen LogP) is 4.37. The molecule has 0 spiro atoms. The van der Waals surface area contributed by atoms with Gasteiger partial charge in [-0.3, -0.25) is 9.59 Å². The zero-order valence-electron chi connectivity index (χ0n) is 16.7. The Balaban J connectivity index is 1.51. The van der Waals surface area contributed by atoms with Crippen LogP contribution >= 0.6 is 11.8 Å². The number of aryl methyl sites for hydroxylation is 1. The molecular weight excluding hydrogens is 384 g/mol. The minimum absolute atomic E-state index is 0.0697. The van der Waals surface area contributed by atoms with Crippen LogP contribution in [0.1, 0.15) is 36.2 Å². The number of benzene rings is 2. The maximum Gasteiger partial charge on any atom is 0.265 e. The first-order valence-electron chi connectivity index (χ1n) is 9.75. The van der Waals surface area contributed by atoms with Crippen LogP contribution in [-0.2, 0) is 16.0 Å². The van der Waals surface area contributed by atoms with Crippen molar-refractivity contribution in [1.29, 1.82) is 0 Å². The van der Waals surface area contributed by atoms with Crippen LogP contribution in [0.4, 0.5) is 5.69 Å². The fourth-order valence-corrected chi connectivity index (χ4v) is 3.85. The summed E-state index contributed by atoms with van der Waals surface area (Å²) in [6.45, 7) is 4.43. The van der Waals surface area contributed by atoms with Crippen LogP contribution in [-0.4, -0.2) is 30.2 Å². The molecule has 2 N–H and O–H groups in total. The smallest absolute Gasteiger partial charge is 0.265 e. The molecule has 0 radical (unpaired) electrons. The first-order valence-corrected chi connectivity index (χ1v) is 10.7. The normalized spacial score (nSPS) is 14.7. The van der Waals surface area contributed by atoms with Crippen LogP contribution in [0, 0.1) is 0 Å². The van der Waals surface area contributed by atoms with Crippen molar-refractivity contribution >= 4 is 29.3 Å². The van der Waals surface area contributed by atoms with E-state index in [1.165, 1.54) is 17.3 Å². The van der Waals surface area contributed by atoms with Crippen LogP contribution in [0.25, 0.3) is 0 Å². The summed E-state index contributed by atoms with van der Waals surface area (Å²) in [7, 11) is 0. The molecule has 3 rings (SSSR count). The van der Waals surface area contributed by atoms with Gasteiger partial charge in [0, 0.05) is 23.0 Å². The fourth-order valence-electron chi connectivity index (χ4n) is 3.03. The number of rotatable bonds is 7. The second-order valence-electron chi connectivity index (χ2n) is 7.01. The van der Waals surface area contributed by atoms with Gasteiger partial charge in [0.15, 0.2) is 0 Å². The van der Waals surface area contributed by atoms with E-state index in [0.29, 0.717) is 28.5 Å². The lowest BCUT2D eigenvalue weighted by Crippen LogP contribution is -2.32. The van der Waals surface area contributed by atoms with Crippen molar-refractivity contribution in [2.24, 2.45) is 0 Å². The highest BCUT2D eigenvalue weighted by Crippen LogP contribution is 2.26. The monoisotopic (exact) mass is 410 g/mol. The molecule has 1 heterocycles. The van der Waals surface area contributed by atoms with Gasteiger partial charge in [-0.1, -0.05) is 30.3 Å². The van der Waals surface area contributed by atoms with E-state index in [1.807, 2.05) is 25.1 Å². The van der Waals surface area contributed by atoms with Crippen LogP contribution in [0.3, 0.4) is 0 Å². The van der Waals surface area contributed by atoms with Crippen molar-refractivity contribution in [3.63, 3.8) is 0 Å². The van der Waals surface area contributed by atoms with Crippen molar-refractivity contribution in [1.82, 2.24) is 5.32 Å². The molecule has 0 aromatic heterocycles. The third-order valence-corrected chi connectivity index (χ3v) is 5.80. The van der Waals surface area contributed by atoms with Crippen LogP contribution in [0.2, 0.25) is 0 Å². The summed E-state index contributed by atoms with van der Waals surface area (Å²) in [5.74, 6) is 1.12. The van der Waals surface area contributed by atoms with Gasteiger partial charge in [0.2, 0.25) is 0 Å². The summed E-state index contributed by atoms with van der Waals surface area (Å²) in [5, 5.41) is 5.89. The van der Waals surface area contributed by atoms with Crippen LogP contribution < -0.4 is 10.6 Å². The third kappa shape index (κ3) is 6.12. The minimum atomic E-state index is -0.182. The molecule has 0 aliphatic carbocycles. The molecule has 1 aliphatic heterocycles. The van der Waals surface area contributed by atoms with E-state index < -0.39 is 0 Å². The minimum Gasteiger partial charge on any atom is -0.496 e. The molecule has 1 aliphatic rings. The number of nitrogens with one attached hydrogen (secondary N) is 2. The van der Waals surface area contributed by atoms with Gasteiger partial charge in [-0.25, -0.2) is 0 Å². The summed E-state index contributed by atoms with van der Waals surface area (Å²) in [4.78, 5) is 25.4. The Kier molecular flexibility index (Phi) is 7.36. The Bertz CT molecular complexity index is 879. The second kappa shape index (κ2) is 10.2. The number of amides is 2. The number of carbonyl (C=O) groups excluding carboxylic acids is 2. The van der Waals surface area contributed by atoms with Gasteiger partial charge in [0.1, 0.15) is 10.7 Å². The molecule has 0 fully saturated rings. The number of hydrogen-bond donors (Lipinski definition) is 2. The summed E-state index contributed by atoms with van der Waals surface area (Å²) in [6, 6.07) is 17.2. The zero-order chi connectivity index (χ0) is 20.6. The lowest BCUT2D eigenvalue weighted by molar-refractivity contribution is -0.112. The average molecular weight is 411 g/mol. The van der Waals surface area contributed by atoms with Gasteiger partial charge in [0.25, 0.3) is 11.8 Å². The van der Waals surface area contributed by atoms with Gasteiger partial charge in [0.05, 0.1) is 6.61 Å². The van der Waals surface area contributed by atoms with E-state index in [9.17, 15) is 9.59 Å². The Morgan fingerprint density at radius 3 is 2.48 bits per heavy atom. The molecule has 2 aromatic carbocycles. The highest BCUT2D eigenvalue weighted by atomic mass is 32.2. The second-order valence-corrected chi connectivity index (χ2v) is 8.12. The van der Waals surface area contributed by atoms with Crippen molar-refractivity contribution in [2.75, 3.05) is 17.7 Å². The summed E-state index contributed by atoms with van der Waals surface area (Å²) in [6.07, 6.45) is 1.79. The molecule has 1 atom stereocenters. The molecule has 29 heavy (non-hydrogen) atoms. The molecule has 1 unspecified atom stereocenters. The zero-order valence-corrected chi connectivity index (χ0v) is 17.6. The number of allylic oxidation sites excluding steroid dienone is 1. The van der Waals surface area contributed by atoms with E-state index in [4.69, 9.17) is 4.74 Å². The Morgan fingerprint density at radius 2 is 1.79 bits per heavy atom. The highest BCUT2D eigenvalue weighted by molar-refractivity contribution is 8.04. The number of ether oxygens (including phenoxy) is 1. The molecule has 0 saturated heterocycles. The molecule has 0 bridgehead atoms. The summed E-state index contributed by atoms with van der Waals surface area (Å²) < 4.78 is 5.43. The molecule has 5 nitrogen and oxygen atoms in total. The maximum atomic E-state index is 12.5. The van der Waals surface area contributed by atoms with E-state index in [2.05, 4.69) is 22.8 Å². The number of thioether (sulfide) groups is 1. The van der Waals surface area contributed by atoms with Crippen LogP contribution in [0.5, 0.6) is 0 Å².